The van der Waals surface area contributed by atoms with Crippen LogP contribution in [0.3, 0.4) is 0 Å². The second kappa shape index (κ2) is 14.6. The second-order valence-corrected chi connectivity index (χ2v) is 14.9. The van der Waals surface area contributed by atoms with Crippen molar-refractivity contribution < 1.29 is 17.9 Å². The third-order valence-corrected chi connectivity index (χ3v) is 10.1. The first-order chi connectivity index (χ1) is 22.9. The highest BCUT2D eigenvalue weighted by Gasteiger charge is 2.20. The highest BCUT2D eigenvalue weighted by Crippen LogP contribution is 2.28. The lowest BCUT2D eigenvalue weighted by molar-refractivity contribution is 0.408. The van der Waals surface area contributed by atoms with Crippen LogP contribution in [0.4, 0.5) is 0 Å². The number of aryl methyl sites for hydroxylation is 2. The molecule has 9 nitrogen and oxygen atoms in total. The maximum atomic E-state index is 13.2. The van der Waals surface area contributed by atoms with Crippen molar-refractivity contribution in [1.82, 2.24) is 19.3 Å². The van der Waals surface area contributed by atoms with Crippen molar-refractivity contribution in [3.8, 4) is 22.8 Å². The lowest BCUT2D eigenvalue weighted by Crippen LogP contribution is -2.25. The van der Waals surface area contributed by atoms with Gasteiger partial charge in [0.05, 0.1) is 37.0 Å². The van der Waals surface area contributed by atoms with Gasteiger partial charge in [0.25, 0.3) is 0 Å². The average molecular weight is 669 g/mol. The summed E-state index contributed by atoms with van der Waals surface area (Å²) in [7, 11) is -0.625. The fourth-order valence-electron chi connectivity index (χ4n) is 5.65. The van der Waals surface area contributed by atoms with Gasteiger partial charge >= 0.3 is 5.69 Å². The molecule has 0 aliphatic rings. The molecule has 0 unspecified atom stereocenters. The van der Waals surface area contributed by atoms with Crippen molar-refractivity contribution in [2.75, 3.05) is 14.2 Å². The maximum absolute atomic E-state index is 13.2. The fourth-order valence-corrected chi connectivity index (χ4v) is 6.94. The Morgan fingerprint density at radius 3 is 2.06 bits per heavy atom. The van der Waals surface area contributed by atoms with Crippen LogP contribution in [0.5, 0.6) is 11.5 Å². The molecule has 0 aliphatic heterocycles. The number of pyridine rings is 1. The molecule has 5 rings (SSSR count). The smallest absolute Gasteiger partial charge is 0.346 e. The summed E-state index contributed by atoms with van der Waals surface area (Å²) in [5.74, 6) is 1.50. The van der Waals surface area contributed by atoms with Gasteiger partial charge in [0.2, 0.25) is 0 Å². The van der Waals surface area contributed by atoms with E-state index in [0.29, 0.717) is 42.4 Å². The van der Waals surface area contributed by atoms with E-state index < -0.39 is 9.84 Å². The van der Waals surface area contributed by atoms with E-state index >= 15 is 0 Å². The molecule has 0 aliphatic carbocycles. The monoisotopic (exact) mass is 668 g/mol. The summed E-state index contributed by atoms with van der Waals surface area (Å²) >= 11 is 0. The highest BCUT2D eigenvalue weighted by atomic mass is 32.2. The maximum Gasteiger partial charge on any atom is 0.346 e. The van der Waals surface area contributed by atoms with Crippen LogP contribution in [-0.4, -0.2) is 42.0 Å². The molecule has 0 amide bonds. The molecular formula is C38H44N4O5S. The molecule has 0 spiro atoms. The van der Waals surface area contributed by atoms with Gasteiger partial charge in [-0.3, -0.25) is 4.57 Å². The third kappa shape index (κ3) is 8.05. The van der Waals surface area contributed by atoms with Crippen LogP contribution < -0.4 is 15.2 Å². The van der Waals surface area contributed by atoms with Crippen LogP contribution in [0.1, 0.15) is 62.3 Å². The van der Waals surface area contributed by atoms with Gasteiger partial charge in [-0.1, -0.05) is 69.3 Å². The predicted molar refractivity (Wildman–Crippen MR) is 189 cm³/mol. The van der Waals surface area contributed by atoms with Crippen molar-refractivity contribution in [2.45, 2.75) is 76.1 Å². The van der Waals surface area contributed by atoms with Crippen molar-refractivity contribution in [3.05, 3.63) is 124 Å². The van der Waals surface area contributed by atoms with Crippen LogP contribution >= 0.6 is 0 Å². The molecule has 0 N–H and O–H groups in total. The molecule has 0 saturated carbocycles. The largest absolute Gasteiger partial charge is 0.497 e. The predicted octanol–water partition coefficient (Wildman–Crippen LogP) is 6.64. The van der Waals surface area contributed by atoms with Crippen LogP contribution in [0.15, 0.2) is 94.6 Å². The molecule has 2 heterocycles. The number of methoxy groups -OCH3 is 2. The topological polar surface area (TPSA) is 105 Å². The number of rotatable bonds is 13. The lowest BCUT2D eigenvalue weighted by Gasteiger charge is -2.19. The first kappa shape index (κ1) is 34.6. The third-order valence-electron chi connectivity index (χ3n) is 8.48. The first-order valence-electron chi connectivity index (χ1n) is 16.2. The van der Waals surface area contributed by atoms with E-state index in [-0.39, 0.29) is 21.8 Å². The molecule has 5 aromatic rings. The molecule has 0 radical (unpaired) electrons. The van der Waals surface area contributed by atoms with Crippen molar-refractivity contribution in [2.24, 2.45) is 0 Å². The second-order valence-electron chi connectivity index (χ2n) is 12.9. The molecule has 0 atom stereocenters. The molecule has 2 aromatic heterocycles. The summed E-state index contributed by atoms with van der Waals surface area (Å²) in [5, 5.41) is 4.71. The summed E-state index contributed by atoms with van der Waals surface area (Å²) in [4.78, 5) is 18.0. The van der Waals surface area contributed by atoms with Gasteiger partial charge < -0.3 is 9.47 Å². The minimum atomic E-state index is -3.66. The van der Waals surface area contributed by atoms with Gasteiger partial charge in [0.1, 0.15) is 23.1 Å². The van der Waals surface area contributed by atoms with E-state index in [4.69, 9.17) is 19.6 Å². The van der Waals surface area contributed by atoms with Crippen molar-refractivity contribution in [1.29, 1.82) is 0 Å². The number of hydrogen-bond donors (Lipinski definition) is 0. The lowest BCUT2D eigenvalue weighted by atomic mass is 9.87. The van der Waals surface area contributed by atoms with Crippen LogP contribution in [0.2, 0.25) is 0 Å². The van der Waals surface area contributed by atoms with Crippen molar-refractivity contribution >= 4 is 9.84 Å². The van der Waals surface area contributed by atoms with Crippen molar-refractivity contribution in [3.63, 3.8) is 0 Å². The number of sulfone groups is 1. The number of nitrogens with zero attached hydrogens (tertiary/aromatic N) is 4. The van der Waals surface area contributed by atoms with E-state index in [1.807, 2.05) is 25.1 Å². The Bertz CT molecular complexity index is 2010. The Hall–Kier alpha value is -4.70. The Kier molecular flexibility index (Phi) is 10.5. The zero-order chi connectivity index (χ0) is 34.5. The molecule has 252 valence electrons. The quantitative estimate of drug-likeness (QED) is 0.139. The number of benzene rings is 3. The summed E-state index contributed by atoms with van der Waals surface area (Å²) < 4.78 is 40.3. The summed E-state index contributed by atoms with van der Waals surface area (Å²) in [5.41, 5.74) is 5.33. The molecule has 3 aromatic carbocycles. The van der Waals surface area contributed by atoms with E-state index in [0.717, 1.165) is 35.4 Å². The van der Waals surface area contributed by atoms with Crippen LogP contribution in [0, 0.1) is 0 Å². The Morgan fingerprint density at radius 1 is 0.792 bits per heavy atom. The standard InChI is InChI=1S/C38H44N4O5S/c1-7-41-36(40-42(37(41)43)25-28-13-17-30(18-14-28)38(2,3)4)10-8-9-27-11-15-29(16-12-27)33-23-24-35(47-6)34(39-33)26-48(44,45)32-21-19-31(46-5)20-22-32/h11-24H,7-10,25-26H2,1-6H3. The van der Waals surface area contributed by atoms with Gasteiger partial charge in [-0.05, 0) is 78.3 Å². The molecule has 0 saturated heterocycles. The molecule has 0 bridgehead atoms. The number of ether oxygens (including phenoxy) is 2. The Labute approximate surface area is 283 Å². The first-order valence-corrected chi connectivity index (χ1v) is 17.8. The highest BCUT2D eigenvalue weighted by molar-refractivity contribution is 7.90. The zero-order valence-corrected chi connectivity index (χ0v) is 29.4. The summed E-state index contributed by atoms with van der Waals surface area (Å²) in [6.07, 6.45) is 2.35. The molecule has 0 fully saturated rings. The van der Waals surface area contributed by atoms with Gasteiger partial charge in [-0.25, -0.2) is 22.9 Å². The Balaban J connectivity index is 1.24. The van der Waals surface area contributed by atoms with E-state index in [9.17, 15) is 13.2 Å². The van der Waals surface area contributed by atoms with Gasteiger partial charge in [-0.15, -0.1) is 0 Å². The van der Waals surface area contributed by atoms with Crippen LogP contribution in [-0.2, 0) is 46.9 Å². The van der Waals surface area contributed by atoms with E-state index in [2.05, 4.69) is 57.2 Å². The van der Waals surface area contributed by atoms with Gasteiger partial charge in [0.15, 0.2) is 9.84 Å². The normalized spacial score (nSPS) is 11.9. The van der Waals surface area contributed by atoms with Gasteiger partial charge in [0, 0.05) is 18.5 Å². The number of hydrogen-bond acceptors (Lipinski definition) is 7. The number of aromatic nitrogens is 4. The molecule has 48 heavy (non-hydrogen) atoms. The fraction of sp³-hybridized carbons (Fsp3) is 0.342. The summed E-state index contributed by atoms with van der Waals surface area (Å²) in [6, 6.07) is 26.4. The molecular weight excluding hydrogens is 625 g/mol. The summed E-state index contributed by atoms with van der Waals surface area (Å²) in [6.45, 7) is 9.55. The zero-order valence-electron chi connectivity index (χ0n) is 28.6. The van der Waals surface area contributed by atoms with E-state index in [1.165, 1.54) is 31.9 Å². The minimum Gasteiger partial charge on any atom is -0.497 e. The van der Waals surface area contributed by atoms with Gasteiger partial charge in [-0.2, -0.15) is 5.10 Å². The Morgan fingerprint density at radius 2 is 1.46 bits per heavy atom. The van der Waals surface area contributed by atoms with Crippen LogP contribution in [0.25, 0.3) is 11.3 Å². The minimum absolute atomic E-state index is 0.0763. The SMILES string of the molecule is CCn1c(CCCc2ccc(-c3ccc(OC)c(CS(=O)(=O)c4ccc(OC)cc4)n3)cc2)nn(Cc2ccc(C(C)(C)C)cc2)c1=O. The van der Waals surface area contributed by atoms with E-state index in [1.54, 1.807) is 27.4 Å². The molecule has 10 heteroatoms. The average Bonchev–Trinajstić information content (AvgIpc) is 3.37.